The molecule has 1 unspecified atom stereocenters. The van der Waals surface area contributed by atoms with Gasteiger partial charge in [-0.25, -0.2) is 0 Å². The van der Waals surface area contributed by atoms with Gasteiger partial charge in [0.25, 0.3) is 0 Å². The third-order valence-electron chi connectivity index (χ3n) is 6.26. The third-order valence-corrected chi connectivity index (χ3v) is 7.06. The van der Waals surface area contributed by atoms with Crippen molar-refractivity contribution in [1.82, 2.24) is 14.9 Å². The Morgan fingerprint density at radius 2 is 1.90 bits per heavy atom. The van der Waals surface area contributed by atoms with Crippen LogP contribution in [0.2, 0.25) is 10.0 Å². The first-order valence-corrected chi connectivity index (χ1v) is 11.4. The molecule has 1 fully saturated rings. The summed E-state index contributed by atoms with van der Waals surface area (Å²) < 4.78 is 5.91. The first-order valence-electron chi connectivity index (χ1n) is 10.6. The number of piperidine rings is 1. The number of aromatic amines is 2. The van der Waals surface area contributed by atoms with Crippen LogP contribution in [-0.2, 0) is 0 Å². The average molecular weight is 458 g/mol. The normalized spacial score (nSPS) is 16.9. The maximum atomic E-state index is 10.5. The summed E-state index contributed by atoms with van der Waals surface area (Å²) >= 11 is 12.5. The molecule has 1 saturated heterocycles. The van der Waals surface area contributed by atoms with E-state index in [0.29, 0.717) is 22.5 Å². The Morgan fingerprint density at radius 3 is 2.74 bits per heavy atom. The minimum atomic E-state index is -0.528. The highest BCUT2D eigenvalue weighted by atomic mass is 35.5. The summed E-state index contributed by atoms with van der Waals surface area (Å²) in [6, 6.07) is 11.8. The molecule has 0 spiro atoms. The van der Waals surface area contributed by atoms with E-state index < -0.39 is 6.10 Å². The zero-order valence-corrected chi connectivity index (χ0v) is 18.6. The molecule has 162 valence electrons. The molecule has 5 rings (SSSR count). The molecule has 3 heterocycles. The van der Waals surface area contributed by atoms with Gasteiger partial charge in [0.15, 0.2) is 0 Å². The van der Waals surface area contributed by atoms with E-state index in [9.17, 15) is 5.11 Å². The molecule has 0 aliphatic carbocycles. The molecule has 0 radical (unpaired) electrons. The van der Waals surface area contributed by atoms with Crippen LogP contribution in [0.5, 0.6) is 5.75 Å². The van der Waals surface area contributed by atoms with Gasteiger partial charge in [-0.1, -0.05) is 35.3 Å². The monoisotopic (exact) mass is 457 g/mol. The van der Waals surface area contributed by atoms with Crippen molar-refractivity contribution in [1.29, 1.82) is 0 Å². The van der Waals surface area contributed by atoms with E-state index in [0.717, 1.165) is 53.5 Å². The van der Waals surface area contributed by atoms with Crippen molar-refractivity contribution in [3.05, 3.63) is 64.4 Å². The highest BCUT2D eigenvalue weighted by Gasteiger charge is 2.25. The lowest BCUT2D eigenvalue weighted by Gasteiger charge is -2.33. The number of nitrogens with zero attached hydrogens (tertiary/aromatic N) is 1. The van der Waals surface area contributed by atoms with Crippen LogP contribution in [0.3, 0.4) is 0 Å². The number of aromatic nitrogens is 2. The number of aliphatic hydroxyl groups is 1. The fourth-order valence-electron chi connectivity index (χ4n) is 4.64. The van der Waals surface area contributed by atoms with Gasteiger partial charge in [0, 0.05) is 35.2 Å². The van der Waals surface area contributed by atoms with Crippen molar-refractivity contribution in [3.8, 4) is 5.75 Å². The van der Waals surface area contributed by atoms with Gasteiger partial charge in [-0.3, -0.25) is 0 Å². The Morgan fingerprint density at radius 1 is 1.06 bits per heavy atom. The number of aliphatic hydroxyl groups excluding tert-OH is 1. The minimum Gasteiger partial charge on any atom is -0.490 e. The maximum absolute atomic E-state index is 10.5. The number of rotatable bonds is 6. The van der Waals surface area contributed by atoms with Gasteiger partial charge in [0.1, 0.15) is 18.5 Å². The number of ether oxygens (including phenoxy) is 1. The van der Waals surface area contributed by atoms with Gasteiger partial charge in [0.2, 0.25) is 0 Å². The highest BCUT2D eigenvalue weighted by molar-refractivity contribution is 6.45. The van der Waals surface area contributed by atoms with Crippen LogP contribution >= 0.6 is 23.2 Å². The largest absolute Gasteiger partial charge is 0.490 e. The number of hydrogen-bond donors (Lipinski definition) is 3. The summed E-state index contributed by atoms with van der Waals surface area (Å²) in [5.74, 6) is 1.27. The van der Waals surface area contributed by atoms with E-state index in [-0.39, 0.29) is 6.61 Å². The standard InChI is InChI=1S/C24H25Cl2N3O2/c25-20-5-4-17-19(12-28-24(17)23(20)26)15-7-10-29(11-8-15)13-16(30)14-31-22-3-1-2-21-18(22)6-9-27-21/h1-6,9,12,15-16,27-28,30H,7-8,10-11,13-14H2. The summed E-state index contributed by atoms with van der Waals surface area (Å²) in [6.45, 7) is 2.79. The molecule has 7 heteroatoms. The summed E-state index contributed by atoms with van der Waals surface area (Å²) in [5, 5.41) is 13.9. The SMILES string of the molecule is OC(COc1cccc2[nH]ccc12)CN1CCC(c2c[nH]c3c(Cl)c(Cl)ccc23)CC1. The van der Waals surface area contributed by atoms with E-state index in [1.807, 2.05) is 42.6 Å². The first-order chi connectivity index (χ1) is 15.1. The smallest absolute Gasteiger partial charge is 0.128 e. The van der Waals surface area contributed by atoms with Crippen LogP contribution in [-0.4, -0.2) is 52.3 Å². The van der Waals surface area contributed by atoms with Crippen molar-refractivity contribution < 1.29 is 9.84 Å². The number of nitrogens with one attached hydrogen (secondary N) is 2. The molecule has 1 aliphatic heterocycles. The van der Waals surface area contributed by atoms with Crippen molar-refractivity contribution in [3.63, 3.8) is 0 Å². The van der Waals surface area contributed by atoms with Crippen molar-refractivity contribution in [2.45, 2.75) is 24.9 Å². The number of fused-ring (bicyclic) bond motifs is 2. The van der Waals surface area contributed by atoms with Crippen molar-refractivity contribution in [2.24, 2.45) is 0 Å². The van der Waals surface area contributed by atoms with Gasteiger partial charge in [-0.2, -0.15) is 0 Å². The van der Waals surface area contributed by atoms with Crippen molar-refractivity contribution >= 4 is 45.0 Å². The van der Waals surface area contributed by atoms with Crippen molar-refractivity contribution in [2.75, 3.05) is 26.2 Å². The zero-order valence-electron chi connectivity index (χ0n) is 17.1. The molecule has 0 saturated carbocycles. The van der Waals surface area contributed by atoms with E-state index in [4.69, 9.17) is 27.9 Å². The Bertz CT molecular complexity index is 1190. The van der Waals surface area contributed by atoms with Crippen LogP contribution in [0, 0.1) is 0 Å². The van der Waals surface area contributed by atoms with Crippen LogP contribution in [0.4, 0.5) is 0 Å². The van der Waals surface area contributed by atoms with E-state index in [2.05, 4.69) is 21.1 Å². The van der Waals surface area contributed by atoms with Gasteiger partial charge in [-0.05, 0) is 61.7 Å². The summed E-state index contributed by atoms with van der Waals surface area (Å²) in [6.07, 6.45) is 5.53. The lowest BCUT2D eigenvalue weighted by molar-refractivity contribution is 0.0599. The fourth-order valence-corrected chi connectivity index (χ4v) is 5.02. The summed E-state index contributed by atoms with van der Waals surface area (Å²) in [5.41, 5.74) is 3.25. The number of halogens is 2. The number of H-pyrrole nitrogens is 2. The van der Waals surface area contributed by atoms with E-state index in [1.54, 1.807) is 0 Å². The number of likely N-dealkylation sites (tertiary alicyclic amines) is 1. The predicted molar refractivity (Wildman–Crippen MR) is 127 cm³/mol. The Kier molecular flexibility index (Phi) is 5.85. The Labute approximate surface area is 190 Å². The Balaban J connectivity index is 1.16. The lowest BCUT2D eigenvalue weighted by atomic mass is 9.89. The van der Waals surface area contributed by atoms with Gasteiger partial charge in [0.05, 0.1) is 15.6 Å². The molecule has 1 aliphatic rings. The second-order valence-corrected chi connectivity index (χ2v) is 9.05. The molecular weight excluding hydrogens is 433 g/mol. The molecule has 2 aromatic heterocycles. The van der Waals surface area contributed by atoms with E-state index >= 15 is 0 Å². The number of hydrogen-bond acceptors (Lipinski definition) is 3. The van der Waals surface area contributed by atoms with E-state index in [1.165, 1.54) is 5.56 Å². The summed E-state index contributed by atoms with van der Waals surface area (Å²) in [7, 11) is 0. The zero-order chi connectivity index (χ0) is 21.4. The number of β-amino-alcohol motifs (C(OH)–C–C–N with tert-alkyl or cyclic N) is 1. The average Bonchev–Trinajstić information content (AvgIpc) is 3.43. The molecule has 3 N–H and O–H groups in total. The van der Waals surface area contributed by atoms with Crippen LogP contribution in [0.1, 0.15) is 24.3 Å². The van der Waals surface area contributed by atoms with Crippen LogP contribution in [0.25, 0.3) is 21.8 Å². The van der Waals surface area contributed by atoms with Crippen LogP contribution < -0.4 is 4.74 Å². The lowest BCUT2D eigenvalue weighted by Crippen LogP contribution is -2.40. The second-order valence-electron chi connectivity index (χ2n) is 8.26. The van der Waals surface area contributed by atoms with Gasteiger partial charge < -0.3 is 24.7 Å². The molecule has 0 bridgehead atoms. The molecule has 4 aromatic rings. The quantitative estimate of drug-likeness (QED) is 0.354. The van der Waals surface area contributed by atoms with Crippen LogP contribution in [0.15, 0.2) is 48.8 Å². The third kappa shape index (κ3) is 4.15. The first kappa shape index (κ1) is 20.7. The topological polar surface area (TPSA) is 64.3 Å². The predicted octanol–water partition coefficient (Wildman–Crippen LogP) is 5.58. The molecule has 5 nitrogen and oxygen atoms in total. The summed E-state index contributed by atoms with van der Waals surface area (Å²) in [4.78, 5) is 8.79. The molecule has 1 atom stereocenters. The van der Waals surface area contributed by atoms with Gasteiger partial charge >= 0.3 is 0 Å². The number of benzene rings is 2. The minimum absolute atomic E-state index is 0.284. The molecule has 2 aromatic carbocycles. The molecule has 0 amide bonds. The Hall–Kier alpha value is -2.18. The van der Waals surface area contributed by atoms with Gasteiger partial charge in [-0.15, -0.1) is 0 Å². The maximum Gasteiger partial charge on any atom is 0.128 e. The highest BCUT2D eigenvalue weighted by Crippen LogP contribution is 2.37. The molecular formula is C24H25Cl2N3O2. The fraction of sp³-hybridized carbons (Fsp3) is 0.333. The second kappa shape index (κ2) is 8.75. The molecule has 31 heavy (non-hydrogen) atoms.